The van der Waals surface area contributed by atoms with Crippen LogP contribution < -0.4 is 5.73 Å². The van der Waals surface area contributed by atoms with Crippen molar-refractivity contribution in [3.05, 3.63) is 11.6 Å². The first-order valence-corrected chi connectivity index (χ1v) is 4.42. The Labute approximate surface area is 83.0 Å². The third kappa shape index (κ3) is 2.50. The normalized spacial score (nSPS) is 10.8. The van der Waals surface area contributed by atoms with Crippen LogP contribution in [0.1, 0.15) is 11.6 Å². The summed E-state index contributed by atoms with van der Waals surface area (Å²) in [7, 11) is 3.28. The summed E-state index contributed by atoms with van der Waals surface area (Å²) in [5, 5.41) is 7.94. The molecule has 1 heterocycles. The number of rotatable bonds is 6. The van der Waals surface area contributed by atoms with Crippen molar-refractivity contribution in [3.63, 3.8) is 0 Å². The van der Waals surface area contributed by atoms with E-state index < -0.39 is 0 Å². The van der Waals surface area contributed by atoms with Gasteiger partial charge in [0, 0.05) is 20.8 Å². The van der Waals surface area contributed by atoms with Gasteiger partial charge < -0.3 is 19.8 Å². The molecule has 0 bridgehead atoms. The second-order valence-electron chi connectivity index (χ2n) is 2.81. The lowest BCUT2D eigenvalue weighted by Gasteiger charge is -2.07. The van der Waals surface area contributed by atoms with Gasteiger partial charge in [-0.15, -0.1) is 10.2 Å². The van der Waals surface area contributed by atoms with Crippen molar-refractivity contribution >= 4 is 0 Å². The van der Waals surface area contributed by atoms with Crippen LogP contribution in [0.25, 0.3) is 0 Å². The molecule has 0 atom stereocenters. The van der Waals surface area contributed by atoms with Gasteiger partial charge in [0.05, 0.1) is 13.2 Å². The first kappa shape index (κ1) is 11.1. The molecule has 2 N–H and O–H groups in total. The van der Waals surface area contributed by atoms with Crippen LogP contribution in [0.5, 0.6) is 0 Å². The molecular formula is C8H16N4O2. The van der Waals surface area contributed by atoms with E-state index in [1.165, 1.54) is 0 Å². The van der Waals surface area contributed by atoms with Crippen molar-refractivity contribution in [2.75, 3.05) is 20.8 Å². The maximum Gasteiger partial charge on any atom is 0.159 e. The Hall–Kier alpha value is -0.980. The minimum atomic E-state index is 0.375. The van der Waals surface area contributed by atoms with Crippen molar-refractivity contribution in [2.24, 2.45) is 5.73 Å². The lowest BCUT2D eigenvalue weighted by molar-refractivity contribution is 0.162. The van der Waals surface area contributed by atoms with Crippen molar-refractivity contribution in [1.82, 2.24) is 14.8 Å². The number of ether oxygens (including phenoxy) is 2. The van der Waals surface area contributed by atoms with E-state index in [1.54, 1.807) is 14.2 Å². The fraction of sp³-hybridized carbons (Fsp3) is 0.750. The SMILES string of the molecule is COCCn1c(CN)nnc1COC. The van der Waals surface area contributed by atoms with Crippen LogP contribution in [0.15, 0.2) is 0 Å². The zero-order valence-corrected chi connectivity index (χ0v) is 8.56. The molecule has 0 radical (unpaired) electrons. The molecule has 0 aliphatic rings. The summed E-state index contributed by atoms with van der Waals surface area (Å²) >= 11 is 0. The molecule has 0 aliphatic carbocycles. The number of hydrogen-bond acceptors (Lipinski definition) is 5. The zero-order chi connectivity index (χ0) is 10.4. The summed E-state index contributed by atoms with van der Waals surface area (Å²) in [4.78, 5) is 0. The van der Waals surface area contributed by atoms with Crippen molar-refractivity contribution in [2.45, 2.75) is 19.7 Å². The summed E-state index contributed by atoms with van der Waals surface area (Å²) in [6.45, 7) is 2.13. The quantitative estimate of drug-likeness (QED) is 0.672. The second-order valence-corrected chi connectivity index (χ2v) is 2.81. The van der Waals surface area contributed by atoms with E-state index in [2.05, 4.69) is 10.2 Å². The number of nitrogens with two attached hydrogens (primary N) is 1. The average molecular weight is 200 g/mol. The predicted molar refractivity (Wildman–Crippen MR) is 50.5 cm³/mol. The fourth-order valence-electron chi connectivity index (χ4n) is 1.20. The van der Waals surface area contributed by atoms with Gasteiger partial charge in [-0.3, -0.25) is 0 Å². The Morgan fingerprint density at radius 3 is 2.50 bits per heavy atom. The Bertz CT molecular complexity index is 274. The van der Waals surface area contributed by atoms with E-state index in [9.17, 15) is 0 Å². The topological polar surface area (TPSA) is 75.2 Å². The first-order valence-electron chi connectivity index (χ1n) is 4.42. The third-order valence-electron chi connectivity index (χ3n) is 1.88. The number of nitrogens with zero attached hydrogens (tertiary/aromatic N) is 3. The first-order chi connectivity index (χ1) is 6.83. The Morgan fingerprint density at radius 1 is 1.21 bits per heavy atom. The highest BCUT2D eigenvalue weighted by atomic mass is 16.5. The second kappa shape index (κ2) is 5.69. The predicted octanol–water partition coefficient (Wildman–Crippen LogP) is -0.470. The molecule has 1 aromatic heterocycles. The number of hydrogen-bond donors (Lipinski definition) is 1. The molecule has 0 saturated heterocycles. The molecule has 0 aromatic carbocycles. The van der Waals surface area contributed by atoms with Gasteiger partial charge in [-0.1, -0.05) is 0 Å². The molecular weight excluding hydrogens is 184 g/mol. The third-order valence-corrected chi connectivity index (χ3v) is 1.88. The summed E-state index contributed by atoms with van der Waals surface area (Å²) in [6.07, 6.45) is 0. The van der Waals surface area contributed by atoms with Gasteiger partial charge in [-0.05, 0) is 0 Å². The van der Waals surface area contributed by atoms with E-state index in [1.807, 2.05) is 4.57 Å². The van der Waals surface area contributed by atoms with E-state index in [0.29, 0.717) is 26.3 Å². The minimum absolute atomic E-state index is 0.375. The molecule has 0 unspecified atom stereocenters. The van der Waals surface area contributed by atoms with Gasteiger partial charge in [-0.25, -0.2) is 0 Å². The molecule has 0 fully saturated rings. The van der Waals surface area contributed by atoms with Gasteiger partial charge in [0.1, 0.15) is 12.4 Å². The van der Waals surface area contributed by atoms with E-state index in [4.69, 9.17) is 15.2 Å². The molecule has 6 nitrogen and oxygen atoms in total. The molecule has 1 rings (SSSR count). The van der Waals surface area contributed by atoms with Gasteiger partial charge in [0.15, 0.2) is 5.82 Å². The lowest BCUT2D eigenvalue weighted by Crippen LogP contribution is -2.14. The highest BCUT2D eigenvalue weighted by molar-refractivity contribution is 4.94. The smallest absolute Gasteiger partial charge is 0.159 e. The van der Waals surface area contributed by atoms with Crippen molar-refractivity contribution in [3.8, 4) is 0 Å². The fourth-order valence-corrected chi connectivity index (χ4v) is 1.20. The average Bonchev–Trinajstić information content (AvgIpc) is 2.58. The zero-order valence-electron chi connectivity index (χ0n) is 8.56. The molecule has 0 saturated carbocycles. The molecule has 0 amide bonds. The van der Waals surface area contributed by atoms with Gasteiger partial charge in [0.2, 0.25) is 0 Å². The van der Waals surface area contributed by atoms with Crippen LogP contribution >= 0.6 is 0 Å². The van der Waals surface area contributed by atoms with Gasteiger partial charge in [0.25, 0.3) is 0 Å². The maximum atomic E-state index is 5.53. The summed E-state index contributed by atoms with van der Waals surface area (Å²) < 4.78 is 11.9. The summed E-state index contributed by atoms with van der Waals surface area (Å²) in [6, 6.07) is 0. The molecule has 0 spiro atoms. The van der Waals surface area contributed by atoms with E-state index >= 15 is 0 Å². The monoisotopic (exact) mass is 200 g/mol. The van der Waals surface area contributed by atoms with Gasteiger partial charge >= 0.3 is 0 Å². The van der Waals surface area contributed by atoms with Crippen LogP contribution in [-0.4, -0.2) is 35.6 Å². The standard InChI is InChI=1S/C8H16N4O2/c1-13-4-3-12-7(5-9)10-11-8(12)6-14-2/h3-6,9H2,1-2H3. The van der Waals surface area contributed by atoms with Crippen LogP contribution in [0.2, 0.25) is 0 Å². The van der Waals surface area contributed by atoms with Crippen LogP contribution in [0.3, 0.4) is 0 Å². The summed E-state index contributed by atoms with van der Waals surface area (Å²) in [5.41, 5.74) is 5.53. The number of methoxy groups -OCH3 is 2. The van der Waals surface area contributed by atoms with Crippen LogP contribution in [-0.2, 0) is 29.2 Å². The van der Waals surface area contributed by atoms with E-state index in [-0.39, 0.29) is 0 Å². The Kier molecular flexibility index (Phi) is 4.51. The summed E-state index contributed by atoms with van der Waals surface area (Å²) in [5.74, 6) is 1.54. The molecule has 6 heteroatoms. The van der Waals surface area contributed by atoms with Crippen molar-refractivity contribution in [1.29, 1.82) is 0 Å². The Balaban J connectivity index is 2.76. The lowest BCUT2D eigenvalue weighted by atomic mass is 10.5. The van der Waals surface area contributed by atoms with Crippen LogP contribution in [0, 0.1) is 0 Å². The maximum absolute atomic E-state index is 5.53. The van der Waals surface area contributed by atoms with E-state index in [0.717, 1.165) is 11.6 Å². The largest absolute Gasteiger partial charge is 0.383 e. The Morgan fingerprint density at radius 2 is 1.93 bits per heavy atom. The van der Waals surface area contributed by atoms with Crippen molar-refractivity contribution < 1.29 is 9.47 Å². The molecule has 0 aliphatic heterocycles. The highest BCUT2D eigenvalue weighted by Gasteiger charge is 2.09. The number of aromatic nitrogens is 3. The highest BCUT2D eigenvalue weighted by Crippen LogP contribution is 2.02. The minimum Gasteiger partial charge on any atom is -0.383 e. The van der Waals surface area contributed by atoms with Gasteiger partial charge in [-0.2, -0.15) is 0 Å². The van der Waals surface area contributed by atoms with Crippen LogP contribution in [0.4, 0.5) is 0 Å². The molecule has 14 heavy (non-hydrogen) atoms. The molecule has 1 aromatic rings. The molecule has 80 valence electrons.